The molecule has 0 bridgehead atoms. The Bertz CT molecular complexity index is 186. The molecule has 1 atom stereocenters. The monoisotopic (exact) mass is 246 g/mol. The van der Waals surface area contributed by atoms with Crippen LogP contribution in [0.3, 0.4) is 0 Å². The molecule has 0 aromatic carbocycles. The van der Waals surface area contributed by atoms with Crippen molar-refractivity contribution < 1.29 is 4.79 Å². The molecule has 3 nitrogen and oxygen atoms in total. The summed E-state index contributed by atoms with van der Waals surface area (Å²) in [6.45, 7) is 7.39. The Kier molecular flexibility index (Phi) is 9.83. The third-order valence-corrected chi connectivity index (χ3v) is 3.32. The van der Waals surface area contributed by atoms with Gasteiger partial charge in [-0.1, -0.05) is 20.8 Å². The van der Waals surface area contributed by atoms with Gasteiger partial charge in [-0.2, -0.15) is 11.8 Å². The average Bonchev–Trinajstić information content (AvgIpc) is 2.25. The number of amides is 1. The third kappa shape index (κ3) is 7.99. The number of rotatable bonds is 9. The Labute approximate surface area is 104 Å². The van der Waals surface area contributed by atoms with Gasteiger partial charge in [-0.05, 0) is 36.8 Å². The number of carbonyl (C=O) groups excluding carboxylic acids is 1. The fraction of sp³-hybridized carbons (Fsp3) is 0.917. The Morgan fingerprint density at radius 3 is 2.56 bits per heavy atom. The Balaban J connectivity index is 3.79. The lowest BCUT2D eigenvalue weighted by atomic mass is 10.0. The maximum atomic E-state index is 11.6. The summed E-state index contributed by atoms with van der Waals surface area (Å²) in [7, 11) is 1.70. The van der Waals surface area contributed by atoms with E-state index in [1.165, 1.54) is 11.5 Å². The van der Waals surface area contributed by atoms with E-state index in [0.29, 0.717) is 5.92 Å². The van der Waals surface area contributed by atoms with Crippen molar-refractivity contribution in [2.45, 2.75) is 39.7 Å². The van der Waals surface area contributed by atoms with Crippen molar-refractivity contribution in [3.8, 4) is 0 Å². The second-order valence-corrected chi connectivity index (χ2v) is 5.69. The molecule has 0 spiro atoms. The first-order valence-electron chi connectivity index (χ1n) is 6.14. The van der Waals surface area contributed by atoms with Crippen molar-refractivity contribution in [3.05, 3.63) is 0 Å². The summed E-state index contributed by atoms with van der Waals surface area (Å²) in [5.41, 5.74) is 0. The van der Waals surface area contributed by atoms with E-state index >= 15 is 0 Å². The van der Waals surface area contributed by atoms with Crippen molar-refractivity contribution in [3.63, 3.8) is 0 Å². The highest BCUT2D eigenvalue weighted by molar-refractivity contribution is 7.99. The molecule has 0 aromatic rings. The molecule has 0 aliphatic heterocycles. The van der Waals surface area contributed by atoms with E-state index in [1.54, 1.807) is 7.05 Å². The van der Waals surface area contributed by atoms with E-state index in [1.807, 2.05) is 11.8 Å². The molecule has 0 radical (unpaired) electrons. The standard InChI is InChI=1S/C12H26N2OS/c1-5-16-8-6-7-14-11(9-10(2)3)12(15)13-4/h10-11,14H,5-9H2,1-4H3,(H,13,15). The van der Waals surface area contributed by atoms with Crippen LogP contribution in [-0.2, 0) is 4.79 Å². The van der Waals surface area contributed by atoms with E-state index in [0.717, 1.165) is 19.4 Å². The highest BCUT2D eigenvalue weighted by Crippen LogP contribution is 2.05. The van der Waals surface area contributed by atoms with Gasteiger partial charge in [0.1, 0.15) is 0 Å². The van der Waals surface area contributed by atoms with Gasteiger partial charge in [0.15, 0.2) is 0 Å². The molecular weight excluding hydrogens is 220 g/mol. The van der Waals surface area contributed by atoms with E-state index in [4.69, 9.17) is 0 Å². The first-order chi connectivity index (χ1) is 7.61. The lowest BCUT2D eigenvalue weighted by Gasteiger charge is -2.19. The zero-order chi connectivity index (χ0) is 12.4. The molecule has 0 saturated heterocycles. The molecule has 0 rings (SSSR count). The van der Waals surface area contributed by atoms with Crippen LogP contribution in [0.2, 0.25) is 0 Å². The molecule has 96 valence electrons. The fourth-order valence-electron chi connectivity index (χ4n) is 1.52. The quantitative estimate of drug-likeness (QED) is 0.610. The largest absolute Gasteiger partial charge is 0.358 e. The summed E-state index contributed by atoms with van der Waals surface area (Å²) >= 11 is 1.95. The van der Waals surface area contributed by atoms with Crippen LogP contribution in [0.25, 0.3) is 0 Å². The highest BCUT2D eigenvalue weighted by atomic mass is 32.2. The van der Waals surface area contributed by atoms with Crippen molar-refractivity contribution >= 4 is 17.7 Å². The molecule has 2 N–H and O–H groups in total. The van der Waals surface area contributed by atoms with Gasteiger partial charge in [-0.15, -0.1) is 0 Å². The van der Waals surface area contributed by atoms with Crippen LogP contribution in [-0.4, -0.2) is 37.0 Å². The zero-order valence-corrected chi connectivity index (χ0v) is 11.8. The van der Waals surface area contributed by atoms with Crippen LogP contribution in [0.15, 0.2) is 0 Å². The van der Waals surface area contributed by atoms with Crippen LogP contribution in [0, 0.1) is 5.92 Å². The van der Waals surface area contributed by atoms with E-state index in [2.05, 4.69) is 31.4 Å². The molecule has 0 aliphatic carbocycles. The number of hydrogen-bond donors (Lipinski definition) is 2. The van der Waals surface area contributed by atoms with Crippen LogP contribution in [0.4, 0.5) is 0 Å². The number of hydrogen-bond acceptors (Lipinski definition) is 3. The molecule has 0 aromatic heterocycles. The van der Waals surface area contributed by atoms with Crippen molar-refractivity contribution in [1.82, 2.24) is 10.6 Å². The molecule has 0 aliphatic rings. The molecule has 1 unspecified atom stereocenters. The number of thioether (sulfide) groups is 1. The van der Waals surface area contributed by atoms with Crippen molar-refractivity contribution in [2.75, 3.05) is 25.1 Å². The van der Waals surface area contributed by atoms with Crippen LogP contribution < -0.4 is 10.6 Å². The van der Waals surface area contributed by atoms with E-state index in [-0.39, 0.29) is 11.9 Å². The Hall–Kier alpha value is -0.220. The topological polar surface area (TPSA) is 41.1 Å². The van der Waals surface area contributed by atoms with Gasteiger partial charge < -0.3 is 10.6 Å². The molecular formula is C12H26N2OS. The Morgan fingerprint density at radius 2 is 2.06 bits per heavy atom. The van der Waals surface area contributed by atoms with Crippen LogP contribution in [0.1, 0.15) is 33.6 Å². The van der Waals surface area contributed by atoms with Crippen LogP contribution >= 0.6 is 11.8 Å². The smallest absolute Gasteiger partial charge is 0.236 e. The summed E-state index contributed by atoms with van der Waals surface area (Å²) in [5, 5.41) is 6.05. The van der Waals surface area contributed by atoms with E-state index < -0.39 is 0 Å². The van der Waals surface area contributed by atoms with Gasteiger partial charge in [0.05, 0.1) is 6.04 Å². The highest BCUT2D eigenvalue weighted by Gasteiger charge is 2.17. The minimum absolute atomic E-state index is 0.0309. The predicted octanol–water partition coefficient (Wildman–Crippen LogP) is 1.88. The summed E-state index contributed by atoms with van der Waals surface area (Å²) in [6, 6.07) is -0.0309. The van der Waals surface area contributed by atoms with Crippen LogP contribution in [0.5, 0.6) is 0 Å². The number of carbonyl (C=O) groups is 1. The number of likely N-dealkylation sites (N-methyl/N-ethyl adjacent to an activating group) is 1. The lowest BCUT2D eigenvalue weighted by molar-refractivity contribution is -0.123. The van der Waals surface area contributed by atoms with Gasteiger partial charge in [0.2, 0.25) is 5.91 Å². The van der Waals surface area contributed by atoms with Gasteiger partial charge >= 0.3 is 0 Å². The zero-order valence-electron chi connectivity index (χ0n) is 11.0. The SMILES string of the molecule is CCSCCCNC(CC(C)C)C(=O)NC. The minimum Gasteiger partial charge on any atom is -0.358 e. The van der Waals surface area contributed by atoms with Gasteiger partial charge in [0.25, 0.3) is 0 Å². The molecule has 0 saturated carbocycles. The second-order valence-electron chi connectivity index (χ2n) is 4.30. The fourth-order valence-corrected chi connectivity index (χ4v) is 2.16. The second kappa shape index (κ2) is 9.97. The summed E-state index contributed by atoms with van der Waals surface area (Å²) < 4.78 is 0. The molecule has 0 heterocycles. The summed E-state index contributed by atoms with van der Waals surface area (Å²) in [5.74, 6) is 2.99. The maximum Gasteiger partial charge on any atom is 0.236 e. The lowest BCUT2D eigenvalue weighted by Crippen LogP contribution is -2.44. The molecule has 16 heavy (non-hydrogen) atoms. The van der Waals surface area contributed by atoms with Crippen molar-refractivity contribution in [2.24, 2.45) is 5.92 Å². The Morgan fingerprint density at radius 1 is 1.38 bits per heavy atom. The normalized spacial score (nSPS) is 12.8. The van der Waals surface area contributed by atoms with Gasteiger partial charge in [-0.3, -0.25) is 4.79 Å². The summed E-state index contributed by atoms with van der Waals surface area (Å²) in [6.07, 6.45) is 2.03. The molecule has 1 amide bonds. The summed E-state index contributed by atoms with van der Waals surface area (Å²) in [4.78, 5) is 11.6. The van der Waals surface area contributed by atoms with Gasteiger partial charge in [-0.25, -0.2) is 0 Å². The third-order valence-electron chi connectivity index (χ3n) is 2.33. The molecule has 4 heteroatoms. The van der Waals surface area contributed by atoms with Gasteiger partial charge in [0, 0.05) is 7.05 Å². The first kappa shape index (κ1) is 15.8. The predicted molar refractivity (Wildman–Crippen MR) is 72.9 cm³/mol. The first-order valence-corrected chi connectivity index (χ1v) is 7.30. The minimum atomic E-state index is -0.0309. The number of nitrogens with one attached hydrogen (secondary N) is 2. The van der Waals surface area contributed by atoms with Crippen molar-refractivity contribution in [1.29, 1.82) is 0 Å². The average molecular weight is 246 g/mol. The maximum absolute atomic E-state index is 11.6. The van der Waals surface area contributed by atoms with E-state index in [9.17, 15) is 4.79 Å². The molecule has 0 fully saturated rings.